The lowest BCUT2D eigenvalue weighted by molar-refractivity contribution is -0.179. The van der Waals surface area contributed by atoms with Crippen LogP contribution in [0.5, 0.6) is 11.5 Å². The molecule has 1 heterocycles. The molecule has 1 fully saturated rings. The molecule has 4 atom stereocenters. The van der Waals surface area contributed by atoms with Gasteiger partial charge in [-0.2, -0.15) is 0 Å². The Kier molecular flexibility index (Phi) is 6.25. The molecule has 2 aromatic rings. The Hall–Kier alpha value is -2.52. The average Bonchev–Trinajstić information content (AvgIpc) is 2.71. The maximum atomic E-state index is 14.2. The summed E-state index contributed by atoms with van der Waals surface area (Å²) in [6.45, 7) is -0.303. The van der Waals surface area contributed by atoms with Crippen LogP contribution in [-0.4, -0.2) is 53.2 Å². The Balaban J connectivity index is 1.82. The normalized spacial score (nSPS) is 24.6. The van der Waals surface area contributed by atoms with Crippen molar-refractivity contribution in [3.63, 3.8) is 0 Å². The second-order valence-electron chi connectivity index (χ2n) is 6.55. The summed E-state index contributed by atoms with van der Waals surface area (Å²) in [6, 6.07) is 10.1. The minimum absolute atomic E-state index is 0.0957. The van der Waals surface area contributed by atoms with Crippen LogP contribution in [0.25, 0.3) is 0 Å². The molecule has 28 heavy (non-hydrogen) atoms. The van der Waals surface area contributed by atoms with Crippen LogP contribution < -0.4 is 10.1 Å². The van der Waals surface area contributed by atoms with E-state index in [0.717, 1.165) is 0 Å². The van der Waals surface area contributed by atoms with E-state index in [-0.39, 0.29) is 24.7 Å². The van der Waals surface area contributed by atoms with Crippen molar-refractivity contribution in [3.05, 3.63) is 59.4 Å². The number of amides is 1. The molecule has 7 nitrogen and oxygen atoms in total. The fraction of sp³-hybridized carbons (Fsp3) is 0.350. The second-order valence-corrected chi connectivity index (χ2v) is 6.55. The van der Waals surface area contributed by atoms with Gasteiger partial charge in [-0.25, -0.2) is 4.39 Å². The molecule has 3 rings (SSSR count). The highest BCUT2D eigenvalue weighted by Crippen LogP contribution is 2.35. The summed E-state index contributed by atoms with van der Waals surface area (Å²) in [4.78, 5) is 11.6. The summed E-state index contributed by atoms with van der Waals surface area (Å²) in [7, 11) is 1.52. The van der Waals surface area contributed by atoms with Crippen molar-refractivity contribution in [2.75, 3.05) is 13.7 Å². The summed E-state index contributed by atoms with van der Waals surface area (Å²) >= 11 is 0. The van der Waals surface area contributed by atoms with Gasteiger partial charge in [-0.1, -0.05) is 6.07 Å². The molecule has 0 radical (unpaired) electrons. The van der Waals surface area contributed by atoms with Crippen molar-refractivity contribution >= 4 is 5.91 Å². The van der Waals surface area contributed by atoms with E-state index in [4.69, 9.17) is 9.47 Å². The number of carbonyl (C=O) groups excluding carboxylic acids is 1. The van der Waals surface area contributed by atoms with Gasteiger partial charge in [-0.05, 0) is 42.0 Å². The quantitative estimate of drug-likeness (QED) is 0.616. The summed E-state index contributed by atoms with van der Waals surface area (Å²) in [6.07, 6.45) is -3.73. The van der Waals surface area contributed by atoms with Crippen molar-refractivity contribution < 1.29 is 34.0 Å². The lowest BCUT2D eigenvalue weighted by Gasteiger charge is -2.36. The van der Waals surface area contributed by atoms with Crippen LogP contribution in [0.2, 0.25) is 0 Å². The molecule has 0 aliphatic carbocycles. The van der Waals surface area contributed by atoms with Gasteiger partial charge < -0.3 is 30.1 Å². The minimum atomic E-state index is -1.21. The van der Waals surface area contributed by atoms with Crippen molar-refractivity contribution in [2.24, 2.45) is 0 Å². The molecule has 0 aromatic heterocycles. The summed E-state index contributed by atoms with van der Waals surface area (Å²) in [5.74, 6) is -0.646. The highest BCUT2D eigenvalue weighted by molar-refractivity contribution is 5.94. The van der Waals surface area contributed by atoms with Crippen LogP contribution in [0.4, 0.5) is 4.39 Å². The monoisotopic (exact) mass is 391 g/mol. The first-order chi connectivity index (χ1) is 13.4. The molecule has 4 unspecified atom stereocenters. The molecule has 0 bridgehead atoms. The first-order valence-electron chi connectivity index (χ1n) is 8.84. The number of carbonyl (C=O) groups is 1. The third-order valence-corrected chi connectivity index (χ3v) is 4.61. The van der Waals surface area contributed by atoms with E-state index in [0.29, 0.717) is 16.9 Å². The third-order valence-electron chi connectivity index (χ3n) is 4.61. The first-order valence-corrected chi connectivity index (χ1v) is 8.84. The number of aliphatic hydroxyl groups excluding tert-OH is 3. The third kappa shape index (κ3) is 4.31. The van der Waals surface area contributed by atoms with Gasteiger partial charge >= 0.3 is 0 Å². The molecule has 150 valence electrons. The Morgan fingerprint density at radius 3 is 2.61 bits per heavy atom. The summed E-state index contributed by atoms with van der Waals surface area (Å²) in [5.41, 5.74) is 0.843. The largest absolute Gasteiger partial charge is 0.454 e. The SMILES string of the molecule is CNC(=O)c1ccc(Oc2cc(C3OC(CO)CC(O)C3O)ccc2F)cc1. The van der Waals surface area contributed by atoms with Crippen molar-refractivity contribution in [1.29, 1.82) is 0 Å². The van der Waals surface area contributed by atoms with Crippen LogP contribution in [0.15, 0.2) is 42.5 Å². The zero-order valence-electron chi connectivity index (χ0n) is 15.2. The summed E-state index contributed by atoms with van der Waals surface area (Å²) in [5, 5.41) is 32.0. The van der Waals surface area contributed by atoms with E-state index in [1.165, 1.54) is 37.4 Å². The van der Waals surface area contributed by atoms with Crippen molar-refractivity contribution in [3.8, 4) is 11.5 Å². The van der Waals surface area contributed by atoms with Gasteiger partial charge in [-0.15, -0.1) is 0 Å². The van der Waals surface area contributed by atoms with Crippen LogP contribution >= 0.6 is 0 Å². The van der Waals surface area contributed by atoms with E-state index in [1.54, 1.807) is 12.1 Å². The van der Waals surface area contributed by atoms with Gasteiger partial charge in [0.25, 0.3) is 5.91 Å². The molecule has 0 saturated carbocycles. The van der Waals surface area contributed by atoms with E-state index < -0.39 is 30.2 Å². The van der Waals surface area contributed by atoms with Gasteiger partial charge in [-0.3, -0.25) is 4.79 Å². The second kappa shape index (κ2) is 8.66. The van der Waals surface area contributed by atoms with Crippen molar-refractivity contribution in [2.45, 2.75) is 30.8 Å². The molecular weight excluding hydrogens is 369 g/mol. The number of ether oxygens (including phenoxy) is 2. The number of halogens is 1. The molecule has 4 N–H and O–H groups in total. The highest BCUT2D eigenvalue weighted by Gasteiger charge is 2.37. The zero-order valence-corrected chi connectivity index (χ0v) is 15.2. The Morgan fingerprint density at radius 1 is 1.25 bits per heavy atom. The van der Waals surface area contributed by atoms with E-state index in [2.05, 4.69) is 5.32 Å². The van der Waals surface area contributed by atoms with E-state index in [9.17, 15) is 24.5 Å². The molecule has 2 aromatic carbocycles. The lowest BCUT2D eigenvalue weighted by atomic mass is 9.93. The summed E-state index contributed by atoms with van der Waals surface area (Å²) < 4.78 is 25.4. The first kappa shape index (κ1) is 20.2. The molecule has 1 amide bonds. The highest BCUT2D eigenvalue weighted by atomic mass is 19.1. The predicted octanol–water partition coefficient (Wildman–Crippen LogP) is 1.52. The van der Waals surface area contributed by atoms with Gasteiger partial charge in [0.15, 0.2) is 11.6 Å². The minimum Gasteiger partial charge on any atom is -0.454 e. The molecule has 1 aliphatic heterocycles. The van der Waals surface area contributed by atoms with Crippen LogP contribution in [0.3, 0.4) is 0 Å². The number of hydrogen-bond donors (Lipinski definition) is 4. The van der Waals surface area contributed by atoms with E-state index >= 15 is 0 Å². The molecule has 1 aliphatic rings. The van der Waals surface area contributed by atoms with Crippen LogP contribution in [0, 0.1) is 5.82 Å². The topological polar surface area (TPSA) is 108 Å². The molecule has 0 spiro atoms. The maximum Gasteiger partial charge on any atom is 0.251 e. The van der Waals surface area contributed by atoms with Crippen LogP contribution in [-0.2, 0) is 4.74 Å². The molecule has 1 saturated heterocycles. The number of nitrogens with one attached hydrogen (secondary N) is 1. The fourth-order valence-corrected chi connectivity index (χ4v) is 3.07. The Labute approximate surface area is 161 Å². The Bertz CT molecular complexity index is 828. The van der Waals surface area contributed by atoms with Gasteiger partial charge in [0.1, 0.15) is 18.0 Å². The van der Waals surface area contributed by atoms with Gasteiger partial charge in [0.2, 0.25) is 0 Å². The van der Waals surface area contributed by atoms with Crippen molar-refractivity contribution in [1.82, 2.24) is 5.32 Å². The Morgan fingerprint density at radius 2 is 1.96 bits per heavy atom. The van der Waals surface area contributed by atoms with E-state index in [1.807, 2.05) is 0 Å². The van der Waals surface area contributed by atoms with Gasteiger partial charge in [0.05, 0.1) is 18.8 Å². The maximum absolute atomic E-state index is 14.2. The lowest BCUT2D eigenvalue weighted by Crippen LogP contribution is -2.44. The predicted molar refractivity (Wildman–Crippen MR) is 97.6 cm³/mol. The van der Waals surface area contributed by atoms with Gasteiger partial charge in [0, 0.05) is 19.0 Å². The zero-order chi connectivity index (χ0) is 20.3. The average molecular weight is 391 g/mol. The number of benzene rings is 2. The fourth-order valence-electron chi connectivity index (χ4n) is 3.07. The van der Waals surface area contributed by atoms with Crippen LogP contribution in [0.1, 0.15) is 28.4 Å². The smallest absolute Gasteiger partial charge is 0.251 e. The molecule has 8 heteroatoms. The number of aliphatic hydroxyl groups is 3. The standard InChI is InChI=1S/C20H22FNO6/c1-22-20(26)11-2-5-13(6-3-11)27-17-8-12(4-7-15(17)21)19-18(25)16(24)9-14(10-23)28-19/h2-8,14,16,18-19,23-25H,9-10H2,1H3,(H,22,26). The number of rotatable bonds is 5. The molecular formula is C20H22FNO6. The number of hydrogen-bond acceptors (Lipinski definition) is 6.